The van der Waals surface area contributed by atoms with Gasteiger partial charge in [0.2, 0.25) is 0 Å². The molecule has 0 bridgehead atoms. The molecular weight excluding hydrogens is 387 g/mol. The molecule has 0 aliphatic carbocycles. The number of halogens is 2. The van der Waals surface area contributed by atoms with Crippen LogP contribution in [0, 0.1) is 0 Å². The molecule has 6 heteroatoms. The summed E-state index contributed by atoms with van der Waals surface area (Å²) in [6.07, 6.45) is 1.09. The molecule has 0 saturated heterocycles. The first-order valence-electron chi connectivity index (χ1n) is 6.45. The maximum Gasteiger partial charge on any atom is 0.191 e. The quantitative estimate of drug-likeness (QED) is 0.328. The van der Waals surface area contributed by atoms with Crippen LogP contribution in [-0.2, 0) is 6.54 Å². The summed E-state index contributed by atoms with van der Waals surface area (Å²) in [5, 5.41) is 7.31. The molecule has 1 aromatic carbocycles. The number of aliphatic imine (C=N–C) groups is 1. The highest BCUT2D eigenvalue weighted by Crippen LogP contribution is 2.10. The largest absolute Gasteiger partial charge is 0.356 e. The Hall–Kier alpha value is -0.530. The summed E-state index contributed by atoms with van der Waals surface area (Å²) in [6.45, 7) is 2.69. The van der Waals surface area contributed by atoms with E-state index in [-0.39, 0.29) is 24.0 Å². The second-order valence-electron chi connectivity index (χ2n) is 4.64. The zero-order valence-electron chi connectivity index (χ0n) is 12.3. The van der Waals surface area contributed by atoms with Crippen molar-refractivity contribution in [3.8, 4) is 0 Å². The summed E-state index contributed by atoms with van der Waals surface area (Å²) in [4.78, 5) is 6.36. The Balaban J connectivity index is 0.00000361. The van der Waals surface area contributed by atoms with Crippen molar-refractivity contribution in [3.05, 3.63) is 34.9 Å². The van der Waals surface area contributed by atoms with Gasteiger partial charge in [-0.3, -0.25) is 4.99 Å². The summed E-state index contributed by atoms with van der Waals surface area (Å²) in [6, 6.07) is 7.82. The Morgan fingerprint density at radius 1 is 1.30 bits per heavy atom. The molecule has 0 saturated carbocycles. The third kappa shape index (κ3) is 8.60. The number of guanidine groups is 1. The van der Waals surface area contributed by atoms with Crippen LogP contribution in [0.2, 0.25) is 5.02 Å². The third-order valence-corrected chi connectivity index (χ3v) is 2.88. The number of hydrogen-bond acceptors (Lipinski definition) is 2. The first-order chi connectivity index (χ1) is 9.11. The molecule has 0 unspecified atom stereocenters. The minimum Gasteiger partial charge on any atom is -0.356 e. The zero-order valence-corrected chi connectivity index (χ0v) is 15.4. The molecule has 0 amide bonds. The minimum atomic E-state index is 0. The van der Waals surface area contributed by atoms with E-state index in [0.29, 0.717) is 6.54 Å². The van der Waals surface area contributed by atoms with Crippen molar-refractivity contribution in [2.45, 2.75) is 13.0 Å². The second-order valence-corrected chi connectivity index (χ2v) is 5.08. The van der Waals surface area contributed by atoms with Crippen LogP contribution in [0.3, 0.4) is 0 Å². The Bertz CT molecular complexity index is 410. The van der Waals surface area contributed by atoms with Crippen molar-refractivity contribution < 1.29 is 0 Å². The zero-order chi connectivity index (χ0) is 14.1. The van der Waals surface area contributed by atoms with Gasteiger partial charge in [0, 0.05) is 25.2 Å². The molecule has 0 aromatic heterocycles. The molecule has 0 aliphatic rings. The monoisotopic (exact) mass is 410 g/mol. The SMILES string of the molecule is CN=C(NCCCN(C)C)NCc1cccc(Cl)c1.I. The van der Waals surface area contributed by atoms with Gasteiger partial charge in [0.25, 0.3) is 0 Å². The second kappa shape index (κ2) is 11.2. The normalized spacial score (nSPS) is 11.2. The van der Waals surface area contributed by atoms with E-state index in [0.717, 1.165) is 36.1 Å². The molecule has 114 valence electrons. The molecule has 1 aromatic rings. The summed E-state index contributed by atoms with van der Waals surface area (Å²) >= 11 is 5.95. The van der Waals surface area contributed by atoms with Gasteiger partial charge in [0.1, 0.15) is 0 Å². The number of nitrogens with zero attached hydrogens (tertiary/aromatic N) is 2. The lowest BCUT2D eigenvalue weighted by atomic mass is 10.2. The summed E-state index contributed by atoms with van der Waals surface area (Å²) in [5.74, 6) is 0.818. The predicted molar refractivity (Wildman–Crippen MR) is 98.2 cm³/mol. The third-order valence-electron chi connectivity index (χ3n) is 2.65. The minimum absolute atomic E-state index is 0. The van der Waals surface area contributed by atoms with Gasteiger partial charge in [-0.25, -0.2) is 0 Å². The van der Waals surface area contributed by atoms with E-state index >= 15 is 0 Å². The number of benzene rings is 1. The van der Waals surface area contributed by atoms with E-state index in [1.165, 1.54) is 0 Å². The van der Waals surface area contributed by atoms with Crippen LogP contribution >= 0.6 is 35.6 Å². The first-order valence-corrected chi connectivity index (χ1v) is 6.83. The lowest BCUT2D eigenvalue weighted by Crippen LogP contribution is -2.38. The summed E-state index contributed by atoms with van der Waals surface area (Å²) < 4.78 is 0. The van der Waals surface area contributed by atoms with E-state index in [2.05, 4.69) is 34.6 Å². The van der Waals surface area contributed by atoms with E-state index in [4.69, 9.17) is 11.6 Å². The smallest absolute Gasteiger partial charge is 0.191 e. The lowest BCUT2D eigenvalue weighted by Gasteiger charge is -2.13. The van der Waals surface area contributed by atoms with Crippen molar-refractivity contribution in [1.82, 2.24) is 15.5 Å². The van der Waals surface area contributed by atoms with Gasteiger partial charge in [0.05, 0.1) is 0 Å². The van der Waals surface area contributed by atoms with Crippen molar-refractivity contribution in [2.75, 3.05) is 34.2 Å². The van der Waals surface area contributed by atoms with Gasteiger partial charge < -0.3 is 15.5 Å². The van der Waals surface area contributed by atoms with Crippen molar-refractivity contribution in [2.24, 2.45) is 4.99 Å². The predicted octanol–water partition coefficient (Wildman–Crippen LogP) is 2.57. The molecule has 0 fully saturated rings. The fourth-order valence-electron chi connectivity index (χ4n) is 1.66. The molecule has 0 spiro atoms. The molecule has 1 rings (SSSR count). The average Bonchev–Trinajstić information content (AvgIpc) is 2.37. The van der Waals surface area contributed by atoms with Crippen LogP contribution in [0.5, 0.6) is 0 Å². The number of rotatable bonds is 6. The molecule has 20 heavy (non-hydrogen) atoms. The van der Waals surface area contributed by atoms with Gasteiger partial charge in [-0.05, 0) is 44.8 Å². The maximum atomic E-state index is 5.95. The van der Waals surface area contributed by atoms with Gasteiger partial charge in [-0.1, -0.05) is 23.7 Å². The fourth-order valence-corrected chi connectivity index (χ4v) is 1.87. The Labute approximate surface area is 144 Å². The standard InChI is InChI=1S/C14H23ClN4.HI/c1-16-14(17-8-5-9-19(2)3)18-11-12-6-4-7-13(15)10-12;/h4,6-7,10H,5,8-9,11H2,1-3H3,(H2,16,17,18);1H. The summed E-state index contributed by atoms with van der Waals surface area (Å²) in [5.41, 5.74) is 1.14. The molecule has 0 heterocycles. The Morgan fingerprint density at radius 2 is 2.05 bits per heavy atom. The van der Waals surface area contributed by atoms with Gasteiger partial charge in [0.15, 0.2) is 5.96 Å². The highest BCUT2D eigenvalue weighted by molar-refractivity contribution is 14.0. The van der Waals surface area contributed by atoms with Gasteiger partial charge >= 0.3 is 0 Å². The highest BCUT2D eigenvalue weighted by atomic mass is 127. The Kier molecular flexibility index (Phi) is 10.9. The lowest BCUT2D eigenvalue weighted by molar-refractivity contribution is 0.399. The van der Waals surface area contributed by atoms with Gasteiger partial charge in [-0.15, -0.1) is 24.0 Å². The molecule has 4 nitrogen and oxygen atoms in total. The molecule has 2 N–H and O–H groups in total. The van der Waals surface area contributed by atoms with E-state index in [9.17, 15) is 0 Å². The van der Waals surface area contributed by atoms with E-state index < -0.39 is 0 Å². The Morgan fingerprint density at radius 3 is 2.65 bits per heavy atom. The maximum absolute atomic E-state index is 5.95. The van der Waals surface area contributed by atoms with Crippen LogP contribution in [-0.4, -0.2) is 45.1 Å². The van der Waals surface area contributed by atoms with Crippen molar-refractivity contribution >= 4 is 41.5 Å². The van der Waals surface area contributed by atoms with Crippen molar-refractivity contribution in [1.29, 1.82) is 0 Å². The number of nitrogens with one attached hydrogen (secondary N) is 2. The summed E-state index contributed by atoms with van der Waals surface area (Å²) in [7, 11) is 5.93. The first kappa shape index (κ1) is 19.5. The number of hydrogen-bond donors (Lipinski definition) is 2. The van der Waals surface area contributed by atoms with Gasteiger partial charge in [-0.2, -0.15) is 0 Å². The van der Waals surface area contributed by atoms with Crippen molar-refractivity contribution in [3.63, 3.8) is 0 Å². The van der Waals surface area contributed by atoms with Crippen LogP contribution in [0.1, 0.15) is 12.0 Å². The van der Waals surface area contributed by atoms with Crippen LogP contribution in [0.25, 0.3) is 0 Å². The molecule has 0 radical (unpaired) electrons. The van der Waals surface area contributed by atoms with E-state index in [1.807, 2.05) is 24.3 Å². The topological polar surface area (TPSA) is 39.7 Å². The highest BCUT2D eigenvalue weighted by Gasteiger charge is 1.99. The fraction of sp³-hybridized carbons (Fsp3) is 0.500. The van der Waals surface area contributed by atoms with Crippen LogP contribution in [0.4, 0.5) is 0 Å². The van der Waals surface area contributed by atoms with Crippen LogP contribution in [0.15, 0.2) is 29.3 Å². The average molecular weight is 411 g/mol. The molecule has 0 atom stereocenters. The van der Waals surface area contributed by atoms with Crippen LogP contribution < -0.4 is 10.6 Å². The van der Waals surface area contributed by atoms with E-state index in [1.54, 1.807) is 7.05 Å². The molecular formula is C14H24ClIN4. The molecule has 0 aliphatic heterocycles.